The molecule has 0 atom stereocenters. The number of carbonyl (C=O) groups is 1. The van der Waals surface area contributed by atoms with Crippen LogP contribution < -0.4 is 5.32 Å². The van der Waals surface area contributed by atoms with E-state index in [2.05, 4.69) is 10.4 Å². The molecular formula is C13H22N4O3S. The zero-order chi connectivity index (χ0) is 15.6. The highest BCUT2D eigenvalue weighted by Gasteiger charge is 2.25. The Bertz CT molecular complexity index is 615. The van der Waals surface area contributed by atoms with Crippen molar-refractivity contribution in [1.82, 2.24) is 19.4 Å². The summed E-state index contributed by atoms with van der Waals surface area (Å²) in [5, 5.41) is 7.06. The summed E-state index contributed by atoms with van der Waals surface area (Å²) in [7, 11) is -1.31. The van der Waals surface area contributed by atoms with Gasteiger partial charge in [-0.3, -0.25) is 9.48 Å². The summed E-state index contributed by atoms with van der Waals surface area (Å²) in [6.45, 7) is 3.45. The van der Waals surface area contributed by atoms with E-state index in [0.29, 0.717) is 36.8 Å². The summed E-state index contributed by atoms with van der Waals surface area (Å²) < 4.78 is 26.0. The number of piperidine rings is 1. The molecule has 2 rings (SSSR count). The van der Waals surface area contributed by atoms with Crippen LogP contribution in [0.5, 0.6) is 0 Å². The number of rotatable bonds is 4. The van der Waals surface area contributed by atoms with Gasteiger partial charge in [-0.25, -0.2) is 12.7 Å². The van der Waals surface area contributed by atoms with E-state index in [1.807, 2.05) is 0 Å². The van der Waals surface area contributed by atoms with Crippen LogP contribution >= 0.6 is 0 Å². The first-order chi connectivity index (χ1) is 9.77. The molecular weight excluding hydrogens is 292 g/mol. The smallest absolute Gasteiger partial charge is 0.254 e. The molecule has 0 bridgehead atoms. The van der Waals surface area contributed by atoms with Crippen molar-refractivity contribution in [3.63, 3.8) is 0 Å². The van der Waals surface area contributed by atoms with Gasteiger partial charge in [-0.05, 0) is 25.7 Å². The molecule has 0 spiro atoms. The van der Waals surface area contributed by atoms with Crippen LogP contribution in [0.3, 0.4) is 0 Å². The van der Waals surface area contributed by atoms with Gasteiger partial charge in [-0.1, -0.05) is 0 Å². The number of nitrogens with one attached hydrogen (secondary N) is 1. The molecule has 1 saturated heterocycles. The van der Waals surface area contributed by atoms with Crippen molar-refractivity contribution in [2.75, 3.05) is 25.9 Å². The second-order valence-electron chi connectivity index (χ2n) is 5.62. The van der Waals surface area contributed by atoms with Gasteiger partial charge >= 0.3 is 0 Å². The predicted octanol–water partition coefficient (Wildman–Crippen LogP) is 0.130. The number of sulfonamides is 1. The molecule has 118 valence electrons. The van der Waals surface area contributed by atoms with E-state index in [1.165, 1.54) is 10.6 Å². The van der Waals surface area contributed by atoms with Gasteiger partial charge in [-0.2, -0.15) is 5.10 Å². The van der Waals surface area contributed by atoms with E-state index in [0.717, 1.165) is 12.8 Å². The van der Waals surface area contributed by atoms with Gasteiger partial charge in [0.15, 0.2) is 0 Å². The molecule has 1 aromatic heterocycles. The monoisotopic (exact) mass is 314 g/mol. The zero-order valence-corrected chi connectivity index (χ0v) is 13.5. The third kappa shape index (κ3) is 4.04. The molecule has 0 aliphatic carbocycles. The molecule has 2 heterocycles. The Morgan fingerprint density at radius 1 is 1.43 bits per heavy atom. The molecule has 1 N–H and O–H groups in total. The summed E-state index contributed by atoms with van der Waals surface area (Å²) >= 11 is 0. The Hall–Kier alpha value is -1.41. The van der Waals surface area contributed by atoms with Crippen LogP contribution in [-0.2, 0) is 17.1 Å². The Morgan fingerprint density at radius 3 is 2.52 bits per heavy atom. The molecule has 21 heavy (non-hydrogen) atoms. The van der Waals surface area contributed by atoms with Crippen LogP contribution in [0.4, 0.5) is 0 Å². The summed E-state index contributed by atoms with van der Waals surface area (Å²) in [4.78, 5) is 12.1. The molecule has 0 unspecified atom stereocenters. The lowest BCUT2D eigenvalue weighted by atomic mass is 9.98. The number of carbonyl (C=O) groups excluding carboxylic acids is 1. The molecule has 1 aliphatic heterocycles. The topological polar surface area (TPSA) is 84.3 Å². The molecule has 7 nitrogen and oxygen atoms in total. The van der Waals surface area contributed by atoms with Crippen molar-refractivity contribution < 1.29 is 13.2 Å². The summed E-state index contributed by atoms with van der Waals surface area (Å²) in [6.07, 6.45) is 4.50. The molecule has 1 fully saturated rings. The van der Waals surface area contributed by atoms with Crippen molar-refractivity contribution in [2.45, 2.75) is 19.8 Å². The largest absolute Gasteiger partial charge is 0.352 e. The van der Waals surface area contributed by atoms with E-state index in [-0.39, 0.29) is 5.91 Å². The Labute approximate surface area is 125 Å². The fraction of sp³-hybridized carbons (Fsp3) is 0.692. The lowest BCUT2D eigenvalue weighted by Crippen LogP contribution is -2.41. The Kier molecular flexibility index (Phi) is 4.67. The van der Waals surface area contributed by atoms with Gasteiger partial charge in [0.25, 0.3) is 5.91 Å². The van der Waals surface area contributed by atoms with Crippen molar-refractivity contribution in [2.24, 2.45) is 13.0 Å². The minimum atomic E-state index is -3.09. The highest BCUT2D eigenvalue weighted by atomic mass is 32.2. The molecule has 1 aliphatic rings. The van der Waals surface area contributed by atoms with Gasteiger partial charge in [0.2, 0.25) is 10.0 Å². The number of hydrogen-bond donors (Lipinski definition) is 1. The van der Waals surface area contributed by atoms with Gasteiger partial charge < -0.3 is 5.32 Å². The molecule has 0 saturated carbocycles. The van der Waals surface area contributed by atoms with Crippen LogP contribution in [0.1, 0.15) is 28.9 Å². The van der Waals surface area contributed by atoms with Gasteiger partial charge in [0.05, 0.1) is 17.5 Å². The number of nitrogens with zero attached hydrogens (tertiary/aromatic N) is 3. The lowest BCUT2D eigenvalue weighted by molar-refractivity contribution is 0.0941. The Morgan fingerprint density at radius 2 is 2.05 bits per heavy atom. The highest BCUT2D eigenvalue weighted by molar-refractivity contribution is 7.88. The number of amides is 1. The van der Waals surface area contributed by atoms with E-state index < -0.39 is 10.0 Å². The summed E-state index contributed by atoms with van der Waals surface area (Å²) in [5.74, 6) is 0.204. The summed E-state index contributed by atoms with van der Waals surface area (Å²) in [5.41, 5.74) is 1.30. The molecule has 1 aromatic rings. The average Bonchev–Trinajstić information content (AvgIpc) is 2.74. The zero-order valence-electron chi connectivity index (χ0n) is 12.7. The minimum absolute atomic E-state index is 0.119. The molecule has 0 aromatic carbocycles. The normalized spacial score (nSPS) is 17.9. The molecule has 8 heteroatoms. The standard InChI is InChI=1S/C13H22N4O3S/c1-10-12(9-16(2)15-10)13(18)14-8-11-4-6-17(7-5-11)21(3,19)20/h9,11H,4-8H2,1-3H3,(H,14,18). The molecule has 0 radical (unpaired) electrons. The van der Waals surface area contributed by atoms with Crippen LogP contribution in [0.25, 0.3) is 0 Å². The first-order valence-corrected chi connectivity index (χ1v) is 8.86. The van der Waals surface area contributed by atoms with E-state index in [9.17, 15) is 13.2 Å². The maximum absolute atomic E-state index is 12.1. The first-order valence-electron chi connectivity index (χ1n) is 7.01. The van der Waals surface area contributed by atoms with Crippen molar-refractivity contribution >= 4 is 15.9 Å². The van der Waals surface area contributed by atoms with Crippen molar-refractivity contribution in [3.05, 3.63) is 17.5 Å². The van der Waals surface area contributed by atoms with Gasteiger partial charge in [0.1, 0.15) is 0 Å². The number of hydrogen-bond acceptors (Lipinski definition) is 4. The second-order valence-corrected chi connectivity index (χ2v) is 7.60. The van der Waals surface area contributed by atoms with Gasteiger partial charge in [-0.15, -0.1) is 0 Å². The fourth-order valence-electron chi connectivity index (χ4n) is 2.60. The van der Waals surface area contributed by atoms with Crippen molar-refractivity contribution in [1.29, 1.82) is 0 Å². The second kappa shape index (κ2) is 6.15. The quantitative estimate of drug-likeness (QED) is 0.856. The third-order valence-electron chi connectivity index (χ3n) is 3.85. The van der Waals surface area contributed by atoms with E-state index in [4.69, 9.17) is 0 Å². The maximum Gasteiger partial charge on any atom is 0.254 e. The average molecular weight is 314 g/mol. The predicted molar refractivity (Wildman–Crippen MR) is 79.4 cm³/mol. The minimum Gasteiger partial charge on any atom is -0.352 e. The van der Waals surface area contributed by atoms with E-state index in [1.54, 1.807) is 24.9 Å². The Balaban J connectivity index is 1.82. The van der Waals surface area contributed by atoms with Gasteiger partial charge in [0, 0.05) is 32.9 Å². The molecule has 1 amide bonds. The number of aryl methyl sites for hydroxylation is 2. The fourth-order valence-corrected chi connectivity index (χ4v) is 3.47. The number of aromatic nitrogens is 2. The third-order valence-corrected chi connectivity index (χ3v) is 5.16. The maximum atomic E-state index is 12.1. The van der Waals surface area contributed by atoms with Crippen LogP contribution in [0.2, 0.25) is 0 Å². The van der Waals surface area contributed by atoms with Crippen molar-refractivity contribution in [3.8, 4) is 0 Å². The van der Waals surface area contributed by atoms with Crippen LogP contribution in [-0.4, -0.2) is 54.3 Å². The summed E-state index contributed by atoms with van der Waals surface area (Å²) in [6, 6.07) is 0. The SMILES string of the molecule is Cc1nn(C)cc1C(=O)NCC1CCN(S(C)(=O)=O)CC1. The first kappa shape index (κ1) is 16.0. The van der Waals surface area contributed by atoms with Crippen LogP contribution in [0.15, 0.2) is 6.20 Å². The van der Waals surface area contributed by atoms with Crippen LogP contribution in [0, 0.1) is 12.8 Å². The van der Waals surface area contributed by atoms with E-state index >= 15 is 0 Å². The highest BCUT2D eigenvalue weighted by Crippen LogP contribution is 2.18. The lowest BCUT2D eigenvalue weighted by Gasteiger charge is -2.30.